The highest BCUT2D eigenvalue weighted by Crippen LogP contribution is 2.24. The highest BCUT2D eigenvalue weighted by Gasteiger charge is 2.44. The van der Waals surface area contributed by atoms with Crippen LogP contribution in [-0.2, 0) is 14.3 Å². The number of aliphatic hydroxyl groups excluding tert-OH is 7. The number of rotatable bonds is 69. The maximum absolute atomic E-state index is 13.3. The lowest BCUT2D eigenvalue weighted by Crippen LogP contribution is -2.60. The van der Waals surface area contributed by atoms with Crippen LogP contribution in [0.1, 0.15) is 373 Å². The quantitative estimate of drug-likeness (QED) is 0.0215. The van der Waals surface area contributed by atoms with E-state index in [0.717, 1.165) is 51.4 Å². The number of allylic oxidation sites excluding steroid dienone is 10. The van der Waals surface area contributed by atoms with Gasteiger partial charge in [-0.15, -0.1) is 0 Å². The van der Waals surface area contributed by atoms with Crippen molar-refractivity contribution in [2.24, 2.45) is 0 Å². The second kappa shape index (κ2) is 67.8. The minimum Gasteiger partial charge on any atom is -0.394 e. The van der Waals surface area contributed by atoms with Gasteiger partial charge in [-0.1, -0.05) is 338 Å². The molecule has 0 aromatic carbocycles. The standard InChI is InChI=1S/C80H149NO10/c1-3-5-7-9-11-13-15-17-19-21-23-25-27-29-31-33-35-36-37-38-40-42-44-46-48-50-52-54-56-58-60-62-64-66-68-73(84)79(89)81-71(70-90-80-78(88)77(87)76(86)74(69-82)91-80)75(85)72(83)67-65-63-61-59-57-55-53-51-49-47-45-43-41-39-34-32-30-28-26-24-22-20-18-16-14-12-10-8-6-4-2/h27,29,33,35,43,45,51,53,59,61,71-78,80,82-88H,3-26,28,30-32,34,36-42,44,46-50,52,54-58,60,62-70H2,1-2H3,(H,81,89)/b29-27-,35-33-,45-43+,53-51+,61-59+. The lowest BCUT2D eigenvalue weighted by Gasteiger charge is -2.40. The van der Waals surface area contributed by atoms with Crippen LogP contribution in [0.15, 0.2) is 60.8 Å². The van der Waals surface area contributed by atoms with Gasteiger partial charge in [-0.3, -0.25) is 4.79 Å². The Hall–Kier alpha value is -2.19. The molecule has 11 heteroatoms. The zero-order valence-corrected chi connectivity index (χ0v) is 59.3. The highest BCUT2D eigenvalue weighted by molar-refractivity contribution is 5.80. The summed E-state index contributed by atoms with van der Waals surface area (Å²) in [6.45, 7) is 3.49. The Labute approximate surface area is 561 Å². The smallest absolute Gasteiger partial charge is 0.249 e. The molecule has 0 aromatic heterocycles. The maximum Gasteiger partial charge on any atom is 0.249 e. The van der Waals surface area contributed by atoms with E-state index in [9.17, 15) is 40.5 Å². The maximum atomic E-state index is 13.3. The summed E-state index contributed by atoms with van der Waals surface area (Å²) >= 11 is 0. The lowest BCUT2D eigenvalue weighted by atomic mass is 9.98. The van der Waals surface area contributed by atoms with Gasteiger partial charge in [0.1, 0.15) is 36.6 Å². The Balaban J connectivity index is 2.18. The fraction of sp³-hybridized carbons (Fsp3) is 0.863. The molecule has 11 nitrogen and oxygen atoms in total. The van der Waals surface area contributed by atoms with Gasteiger partial charge in [0.2, 0.25) is 5.91 Å². The van der Waals surface area contributed by atoms with Gasteiger partial charge in [0.15, 0.2) is 6.29 Å². The molecule has 0 aromatic rings. The minimum absolute atomic E-state index is 0.241. The fourth-order valence-electron chi connectivity index (χ4n) is 12.5. The molecule has 1 amide bonds. The van der Waals surface area contributed by atoms with E-state index in [2.05, 4.69) is 79.9 Å². The van der Waals surface area contributed by atoms with Gasteiger partial charge in [-0.05, 0) is 96.3 Å². The molecule has 1 rings (SSSR count). The molecule has 9 unspecified atom stereocenters. The number of hydrogen-bond acceptors (Lipinski definition) is 10. The average Bonchev–Trinajstić information content (AvgIpc) is 1.05. The van der Waals surface area contributed by atoms with Crippen LogP contribution >= 0.6 is 0 Å². The number of unbranched alkanes of at least 4 members (excludes halogenated alkanes) is 47. The van der Waals surface area contributed by atoms with Crippen LogP contribution in [0.3, 0.4) is 0 Å². The summed E-state index contributed by atoms with van der Waals surface area (Å²) in [5, 5.41) is 76.6. The first kappa shape index (κ1) is 86.8. The van der Waals surface area contributed by atoms with Crippen LogP contribution in [-0.4, -0.2) is 110 Å². The summed E-state index contributed by atoms with van der Waals surface area (Å²) in [7, 11) is 0. The molecular formula is C80H149NO10. The van der Waals surface area contributed by atoms with Crippen molar-refractivity contribution in [2.45, 2.75) is 428 Å². The molecule has 1 heterocycles. The van der Waals surface area contributed by atoms with Crippen LogP contribution in [0.4, 0.5) is 0 Å². The summed E-state index contributed by atoms with van der Waals surface area (Å²) in [5.41, 5.74) is 0. The van der Waals surface area contributed by atoms with Crippen molar-refractivity contribution in [2.75, 3.05) is 13.2 Å². The van der Waals surface area contributed by atoms with Gasteiger partial charge in [-0.25, -0.2) is 0 Å². The molecule has 534 valence electrons. The lowest BCUT2D eigenvalue weighted by molar-refractivity contribution is -0.303. The van der Waals surface area contributed by atoms with E-state index in [-0.39, 0.29) is 12.8 Å². The number of ether oxygens (including phenoxy) is 2. The van der Waals surface area contributed by atoms with E-state index in [0.29, 0.717) is 19.3 Å². The Morgan fingerprint density at radius 3 is 1.04 bits per heavy atom. The predicted octanol–water partition coefficient (Wildman–Crippen LogP) is 20.0. The summed E-state index contributed by atoms with van der Waals surface area (Å²) < 4.78 is 11.2. The van der Waals surface area contributed by atoms with Gasteiger partial charge < -0.3 is 50.5 Å². The molecule has 1 aliphatic heterocycles. The molecule has 0 radical (unpaired) electrons. The van der Waals surface area contributed by atoms with E-state index in [4.69, 9.17) is 9.47 Å². The van der Waals surface area contributed by atoms with Crippen LogP contribution in [0.2, 0.25) is 0 Å². The molecule has 0 spiro atoms. The average molecular weight is 1290 g/mol. The molecule has 9 atom stereocenters. The molecule has 1 aliphatic rings. The van der Waals surface area contributed by atoms with E-state index in [1.807, 2.05) is 0 Å². The summed E-state index contributed by atoms with van der Waals surface area (Å²) in [6.07, 6.45) is 80.5. The Morgan fingerprint density at radius 1 is 0.385 bits per heavy atom. The Morgan fingerprint density at radius 2 is 0.692 bits per heavy atom. The highest BCUT2D eigenvalue weighted by atomic mass is 16.7. The first-order chi connectivity index (χ1) is 44.7. The minimum atomic E-state index is -1.68. The molecule has 91 heavy (non-hydrogen) atoms. The molecule has 8 N–H and O–H groups in total. The van der Waals surface area contributed by atoms with E-state index in [1.165, 1.54) is 276 Å². The van der Waals surface area contributed by atoms with Gasteiger partial charge in [0.25, 0.3) is 0 Å². The molecule has 0 bridgehead atoms. The van der Waals surface area contributed by atoms with Crippen molar-refractivity contribution in [3.8, 4) is 0 Å². The normalized spacial score (nSPS) is 18.7. The van der Waals surface area contributed by atoms with Gasteiger partial charge in [0, 0.05) is 0 Å². The van der Waals surface area contributed by atoms with Crippen LogP contribution in [0, 0.1) is 0 Å². The van der Waals surface area contributed by atoms with Gasteiger partial charge >= 0.3 is 0 Å². The molecular weight excluding hydrogens is 1130 g/mol. The van der Waals surface area contributed by atoms with Crippen molar-refractivity contribution in [1.29, 1.82) is 0 Å². The molecule has 1 fully saturated rings. The third-order valence-corrected chi connectivity index (χ3v) is 18.7. The summed E-state index contributed by atoms with van der Waals surface area (Å²) in [6, 6.07) is -1.20. The van der Waals surface area contributed by atoms with Crippen molar-refractivity contribution in [1.82, 2.24) is 5.32 Å². The van der Waals surface area contributed by atoms with Crippen molar-refractivity contribution < 1.29 is 50.0 Å². The first-order valence-electron chi connectivity index (χ1n) is 39.2. The zero-order valence-electron chi connectivity index (χ0n) is 59.3. The van der Waals surface area contributed by atoms with Gasteiger partial charge in [0.05, 0.1) is 25.4 Å². The number of aliphatic hydroxyl groups is 7. The third kappa shape index (κ3) is 54.6. The van der Waals surface area contributed by atoms with Crippen molar-refractivity contribution in [3.05, 3.63) is 60.8 Å². The third-order valence-electron chi connectivity index (χ3n) is 18.7. The Bertz CT molecular complexity index is 1670. The number of carbonyl (C=O) groups is 1. The predicted molar refractivity (Wildman–Crippen MR) is 385 cm³/mol. The second-order valence-electron chi connectivity index (χ2n) is 27.4. The van der Waals surface area contributed by atoms with E-state index in [1.54, 1.807) is 0 Å². The zero-order chi connectivity index (χ0) is 66.0. The fourth-order valence-corrected chi connectivity index (χ4v) is 12.5. The summed E-state index contributed by atoms with van der Waals surface area (Å²) in [4.78, 5) is 13.3. The van der Waals surface area contributed by atoms with Gasteiger partial charge in [-0.2, -0.15) is 0 Å². The first-order valence-corrected chi connectivity index (χ1v) is 39.2. The number of amides is 1. The van der Waals surface area contributed by atoms with E-state index < -0.39 is 74.2 Å². The monoisotopic (exact) mass is 1280 g/mol. The van der Waals surface area contributed by atoms with Crippen LogP contribution < -0.4 is 5.32 Å². The number of carbonyl (C=O) groups excluding carboxylic acids is 1. The van der Waals surface area contributed by atoms with Crippen LogP contribution in [0.25, 0.3) is 0 Å². The van der Waals surface area contributed by atoms with Crippen LogP contribution in [0.5, 0.6) is 0 Å². The molecule has 0 saturated carbocycles. The largest absolute Gasteiger partial charge is 0.394 e. The van der Waals surface area contributed by atoms with E-state index >= 15 is 0 Å². The second-order valence-corrected chi connectivity index (χ2v) is 27.4. The topological polar surface area (TPSA) is 189 Å². The molecule has 0 aliphatic carbocycles. The Kier molecular flexibility index (Phi) is 64.7. The molecule has 1 saturated heterocycles. The SMILES string of the molecule is CCCCCCCCCCCCC/C=C\C/C=C\CCCCCCCCCCCCCCCCCCC(O)C(=O)NC(COC1OC(CO)C(O)C(O)C1O)C(O)C(O)CCC/C=C/CC/C=C/CC/C=C/CCCCCCCCCCCCCCCCCCC. The van der Waals surface area contributed by atoms with Crippen molar-refractivity contribution in [3.63, 3.8) is 0 Å². The van der Waals surface area contributed by atoms with Crippen molar-refractivity contribution >= 4 is 5.91 Å². The number of nitrogens with one attached hydrogen (secondary N) is 1. The number of hydrogen-bond donors (Lipinski definition) is 8. The summed E-state index contributed by atoms with van der Waals surface area (Å²) in [5.74, 6) is -0.708.